The Morgan fingerprint density at radius 3 is 2.85 bits per heavy atom. The van der Waals surface area contributed by atoms with E-state index in [4.69, 9.17) is 0 Å². The van der Waals surface area contributed by atoms with Crippen molar-refractivity contribution in [3.8, 4) is 0 Å². The summed E-state index contributed by atoms with van der Waals surface area (Å²) in [6, 6.07) is 2.09. The predicted molar refractivity (Wildman–Crippen MR) is 87.4 cm³/mol. The van der Waals surface area contributed by atoms with E-state index in [1.54, 1.807) is 17.5 Å². The second kappa shape index (κ2) is 6.54. The molecule has 0 aliphatic carbocycles. The molecule has 0 unspecified atom stereocenters. The van der Waals surface area contributed by atoms with Gasteiger partial charge < -0.3 is 5.32 Å². The number of hydrogen-bond acceptors (Lipinski definition) is 4. The van der Waals surface area contributed by atoms with E-state index in [0.29, 0.717) is 23.5 Å². The van der Waals surface area contributed by atoms with Gasteiger partial charge in [-0.3, -0.25) is 4.79 Å². The first-order valence-corrected chi connectivity index (χ1v) is 8.18. The first kappa shape index (κ1) is 15.3. The monoisotopic (exact) mass is 355 g/mol. The Balaban J connectivity index is 2.15. The Labute approximate surface area is 131 Å². The zero-order valence-corrected chi connectivity index (χ0v) is 14.2. The molecule has 1 N–H and O–H groups in total. The smallest absolute Gasteiger partial charge is 0.283 e. The van der Waals surface area contributed by atoms with Crippen molar-refractivity contribution in [1.29, 1.82) is 0 Å². The first-order chi connectivity index (χ1) is 9.49. The van der Waals surface area contributed by atoms with Gasteiger partial charge in [-0.2, -0.15) is 5.10 Å². The molecular formula is C14H18BrN3OS. The van der Waals surface area contributed by atoms with Crippen LogP contribution in [0.4, 0.5) is 5.69 Å². The Bertz CT molecular complexity index is 648. The molecule has 6 heteroatoms. The van der Waals surface area contributed by atoms with Gasteiger partial charge in [-0.1, -0.05) is 13.8 Å². The SMILES string of the molecule is Cc1ccsc1CNc1cnn(CC(C)C)c(=O)c1Br. The van der Waals surface area contributed by atoms with Crippen molar-refractivity contribution < 1.29 is 0 Å². The first-order valence-electron chi connectivity index (χ1n) is 6.51. The van der Waals surface area contributed by atoms with Crippen molar-refractivity contribution in [2.24, 2.45) is 5.92 Å². The number of anilines is 1. The predicted octanol–water partition coefficient (Wildman–Crippen LogP) is 3.64. The van der Waals surface area contributed by atoms with Gasteiger partial charge in [0.1, 0.15) is 4.47 Å². The average molecular weight is 356 g/mol. The van der Waals surface area contributed by atoms with Crippen molar-refractivity contribution in [2.45, 2.75) is 33.9 Å². The minimum atomic E-state index is -0.0911. The minimum absolute atomic E-state index is 0.0911. The van der Waals surface area contributed by atoms with Gasteiger partial charge in [0.25, 0.3) is 5.56 Å². The van der Waals surface area contributed by atoms with Gasteiger partial charge in [0.15, 0.2) is 0 Å². The Morgan fingerprint density at radius 2 is 2.25 bits per heavy atom. The van der Waals surface area contributed by atoms with Crippen molar-refractivity contribution in [3.05, 3.63) is 42.9 Å². The molecule has 4 nitrogen and oxygen atoms in total. The summed E-state index contributed by atoms with van der Waals surface area (Å²) >= 11 is 5.08. The van der Waals surface area contributed by atoms with E-state index in [1.807, 2.05) is 0 Å². The lowest BCUT2D eigenvalue weighted by atomic mass is 10.2. The molecule has 0 bridgehead atoms. The van der Waals surface area contributed by atoms with Gasteiger partial charge in [0.05, 0.1) is 11.9 Å². The Hall–Kier alpha value is -1.14. The molecule has 0 atom stereocenters. The van der Waals surface area contributed by atoms with Gasteiger partial charge in [-0.05, 0) is 45.8 Å². The molecule has 0 spiro atoms. The molecule has 108 valence electrons. The molecule has 20 heavy (non-hydrogen) atoms. The average Bonchev–Trinajstić information content (AvgIpc) is 2.79. The van der Waals surface area contributed by atoms with Crippen LogP contribution in [-0.2, 0) is 13.1 Å². The van der Waals surface area contributed by atoms with Crippen LogP contribution in [0.25, 0.3) is 0 Å². The third-order valence-electron chi connectivity index (χ3n) is 2.93. The molecule has 2 rings (SSSR count). The number of rotatable bonds is 5. The van der Waals surface area contributed by atoms with Crippen molar-refractivity contribution in [3.63, 3.8) is 0 Å². The topological polar surface area (TPSA) is 46.9 Å². The molecule has 0 aromatic carbocycles. The fourth-order valence-corrected chi connectivity index (χ4v) is 3.12. The van der Waals surface area contributed by atoms with E-state index in [-0.39, 0.29) is 5.56 Å². The third kappa shape index (κ3) is 3.49. The van der Waals surface area contributed by atoms with E-state index in [1.165, 1.54) is 15.1 Å². The Morgan fingerprint density at radius 1 is 1.50 bits per heavy atom. The summed E-state index contributed by atoms with van der Waals surface area (Å²) in [5, 5.41) is 9.55. The van der Waals surface area contributed by atoms with E-state index in [0.717, 1.165) is 5.69 Å². The summed E-state index contributed by atoms with van der Waals surface area (Å²) < 4.78 is 2.04. The maximum Gasteiger partial charge on any atom is 0.283 e. The maximum absolute atomic E-state index is 12.2. The van der Waals surface area contributed by atoms with E-state index in [9.17, 15) is 4.79 Å². The van der Waals surface area contributed by atoms with Crippen LogP contribution in [0.1, 0.15) is 24.3 Å². The molecule has 0 aliphatic rings. The van der Waals surface area contributed by atoms with Gasteiger partial charge >= 0.3 is 0 Å². The van der Waals surface area contributed by atoms with Crippen molar-refractivity contribution >= 4 is 33.0 Å². The van der Waals surface area contributed by atoms with Crippen LogP contribution in [0, 0.1) is 12.8 Å². The van der Waals surface area contributed by atoms with Gasteiger partial charge in [-0.15, -0.1) is 11.3 Å². The highest BCUT2D eigenvalue weighted by atomic mass is 79.9. The molecule has 0 saturated heterocycles. The largest absolute Gasteiger partial charge is 0.378 e. The van der Waals surface area contributed by atoms with Crippen LogP contribution in [0.3, 0.4) is 0 Å². The molecule has 0 saturated carbocycles. The third-order valence-corrected chi connectivity index (χ3v) is 4.72. The molecule has 0 amide bonds. The molecule has 2 aromatic heterocycles. The van der Waals surface area contributed by atoms with Crippen LogP contribution in [0.15, 0.2) is 26.9 Å². The van der Waals surface area contributed by atoms with Crippen LogP contribution in [-0.4, -0.2) is 9.78 Å². The van der Waals surface area contributed by atoms with E-state index in [2.05, 4.69) is 58.6 Å². The number of aromatic nitrogens is 2. The second-order valence-corrected chi connectivity index (χ2v) is 6.93. The summed E-state index contributed by atoms with van der Waals surface area (Å²) in [5.41, 5.74) is 1.91. The molecular weight excluding hydrogens is 338 g/mol. The molecule has 0 aliphatic heterocycles. The number of halogens is 1. The zero-order valence-electron chi connectivity index (χ0n) is 11.8. The van der Waals surface area contributed by atoms with Crippen molar-refractivity contribution in [1.82, 2.24) is 9.78 Å². The van der Waals surface area contributed by atoms with Crippen LogP contribution >= 0.6 is 27.3 Å². The summed E-state index contributed by atoms with van der Waals surface area (Å²) in [5.74, 6) is 0.389. The standard InChI is InChI=1S/C14H18BrN3OS/c1-9(2)8-18-14(19)13(15)11(6-17-18)16-7-12-10(3)4-5-20-12/h4-6,9,16H,7-8H2,1-3H3. The van der Waals surface area contributed by atoms with E-state index < -0.39 is 0 Å². The number of hydrogen-bond donors (Lipinski definition) is 1. The lowest BCUT2D eigenvalue weighted by Crippen LogP contribution is -2.26. The number of nitrogens with zero attached hydrogens (tertiary/aromatic N) is 2. The highest BCUT2D eigenvalue weighted by Gasteiger charge is 2.10. The molecule has 2 heterocycles. The van der Waals surface area contributed by atoms with Gasteiger partial charge in [0, 0.05) is 18.0 Å². The van der Waals surface area contributed by atoms with Crippen LogP contribution in [0.2, 0.25) is 0 Å². The lowest BCUT2D eigenvalue weighted by Gasteiger charge is -2.11. The summed E-state index contributed by atoms with van der Waals surface area (Å²) in [7, 11) is 0. The van der Waals surface area contributed by atoms with Gasteiger partial charge in [0.2, 0.25) is 0 Å². The highest BCUT2D eigenvalue weighted by molar-refractivity contribution is 9.10. The second-order valence-electron chi connectivity index (χ2n) is 5.13. The molecule has 0 radical (unpaired) electrons. The highest BCUT2D eigenvalue weighted by Crippen LogP contribution is 2.20. The normalized spacial score (nSPS) is 11.1. The number of thiophene rings is 1. The number of aryl methyl sites for hydroxylation is 1. The quantitative estimate of drug-likeness (QED) is 0.890. The van der Waals surface area contributed by atoms with E-state index >= 15 is 0 Å². The fraction of sp³-hybridized carbons (Fsp3) is 0.429. The van der Waals surface area contributed by atoms with Crippen LogP contribution in [0.5, 0.6) is 0 Å². The molecule has 2 aromatic rings. The summed E-state index contributed by atoms with van der Waals surface area (Å²) in [4.78, 5) is 13.4. The summed E-state index contributed by atoms with van der Waals surface area (Å²) in [6.45, 7) is 7.54. The summed E-state index contributed by atoms with van der Waals surface area (Å²) in [6.07, 6.45) is 1.71. The maximum atomic E-state index is 12.2. The number of nitrogens with one attached hydrogen (secondary N) is 1. The van der Waals surface area contributed by atoms with Gasteiger partial charge in [-0.25, -0.2) is 4.68 Å². The zero-order chi connectivity index (χ0) is 14.7. The minimum Gasteiger partial charge on any atom is -0.378 e. The Kier molecular flexibility index (Phi) is 4.99. The lowest BCUT2D eigenvalue weighted by molar-refractivity contribution is 0.462. The fourth-order valence-electron chi connectivity index (χ4n) is 1.82. The van der Waals surface area contributed by atoms with Crippen LogP contribution < -0.4 is 10.9 Å². The molecule has 0 fully saturated rings. The van der Waals surface area contributed by atoms with Crippen molar-refractivity contribution in [2.75, 3.05) is 5.32 Å².